The van der Waals surface area contributed by atoms with Gasteiger partial charge in [0, 0.05) is 53.4 Å². The Morgan fingerprint density at radius 2 is 1.67 bits per heavy atom. The number of ether oxygens (including phenoxy) is 1. The number of non-ortho nitro benzene ring substituents is 1. The molecule has 1 amide bonds. The summed E-state index contributed by atoms with van der Waals surface area (Å²) < 4.78 is 6.08. The summed E-state index contributed by atoms with van der Waals surface area (Å²) in [5.41, 5.74) is 0.928. The number of esters is 1. The molecule has 2 aromatic carbocycles. The number of hydrogen-bond donors (Lipinski definition) is 0. The Morgan fingerprint density at radius 3 is 2.27 bits per heavy atom. The van der Waals surface area contributed by atoms with Crippen LogP contribution in [-0.4, -0.2) is 60.2 Å². The van der Waals surface area contributed by atoms with Gasteiger partial charge < -0.3 is 14.5 Å². The smallest absolute Gasteiger partial charge is 0.316 e. The third kappa shape index (κ3) is 6.20. The fourth-order valence-corrected chi connectivity index (χ4v) is 3.91. The van der Waals surface area contributed by atoms with Crippen LogP contribution in [0.3, 0.4) is 0 Å². The maximum atomic E-state index is 12.3. The molecule has 2 aromatic rings. The van der Waals surface area contributed by atoms with Gasteiger partial charge in [-0.25, -0.2) is 0 Å². The summed E-state index contributed by atoms with van der Waals surface area (Å²) in [4.78, 5) is 39.2. The molecule has 0 atom stereocenters. The first-order valence-corrected chi connectivity index (χ1v) is 11.0. The number of halogens is 1. The number of piperazine rings is 1. The summed E-state index contributed by atoms with van der Waals surface area (Å²) in [7, 11) is 0. The number of anilines is 1. The molecule has 1 fully saturated rings. The zero-order valence-corrected chi connectivity index (χ0v) is 18.4. The lowest BCUT2D eigenvalue weighted by molar-refractivity contribution is -0.384. The van der Waals surface area contributed by atoms with Gasteiger partial charge in [0.15, 0.2) is 6.61 Å². The van der Waals surface area contributed by atoms with Crippen LogP contribution in [0.5, 0.6) is 0 Å². The van der Waals surface area contributed by atoms with Gasteiger partial charge in [-0.2, -0.15) is 0 Å². The molecular weight excluding hydrogens is 474 g/mol. The number of nitrogens with zero attached hydrogens (tertiary/aromatic N) is 3. The van der Waals surface area contributed by atoms with Crippen LogP contribution in [-0.2, 0) is 14.3 Å². The molecule has 1 heterocycles. The predicted molar refractivity (Wildman–Crippen MR) is 118 cm³/mol. The van der Waals surface area contributed by atoms with Crippen molar-refractivity contribution >= 4 is 50.9 Å². The first kappa shape index (κ1) is 22.1. The second kappa shape index (κ2) is 10.4. The lowest BCUT2D eigenvalue weighted by Crippen LogP contribution is -2.50. The molecule has 0 bridgehead atoms. The zero-order chi connectivity index (χ0) is 21.5. The van der Waals surface area contributed by atoms with Crippen LogP contribution in [0.4, 0.5) is 11.4 Å². The Hall–Kier alpha value is -2.59. The van der Waals surface area contributed by atoms with Crippen molar-refractivity contribution in [3.8, 4) is 0 Å². The average molecular weight is 494 g/mol. The first-order chi connectivity index (χ1) is 14.4. The lowest BCUT2D eigenvalue weighted by Gasteiger charge is -2.36. The minimum absolute atomic E-state index is 0.0488. The number of benzene rings is 2. The molecule has 3 rings (SSSR count). The monoisotopic (exact) mass is 493 g/mol. The van der Waals surface area contributed by atoms with Gasteiger partial charge in [-0.05, 0) is 36.4 Å². The van der Waals surface area contributed by atoms with E-state index in [1.165, 1.54) is 23.9 Å². The number of nitro groups is 1. The maximum absolute atomic E-state index is 12.3. The SMILES string of the molecule is O=C(CSc1ccc(Br)cc1)OCC(=O)N1CCN(c2ccc([N+](=O)[O-])cc2)CC1. The normalized spacial score (nSPS) is 13.8. The van der Waals surface area contributed by atoms with Crippen molar-refractivity contribution in [2.75, 3.05) is 43.4 Å². The molecule has 1 aliphatic heterocycles. The van der Waals surface area contributed by atoms with E-state index in [2.05, 4.69) is 20.8 Å². The van der Waals surface area contributed by atoms with E-state index >= 15 is 0 Å². The third-order valence-electron chi connectivity index (χ3n) is 4.59. The molecule has 0 unspecified atom stereocenters. The van der Waals surface area contributed by atoms with E-state index in [4.69, 9.17) is 4.74 Å². The summed E-state index contributed by atoms with van der Waals surface area (Å²) in [6, 6.07) is 14.0. The van der Waals surface area contributed by atoms with Crippen LogP contribution in [0.1, 0.15) is 0 Å². The zero-order valence-electron chi connectivity index (χ0n) is 16.0. The number of thioether (sulfide) groups is 1. The van der Waals surface area contributed by atoms with Crippen LogP contribution in [0, 0.1) is 10.1 Å². The van der Waals surface area contributed by atoms with Crippen molar-refractivity contribution in [3.05, 3.63) is 63.1 Å². The maximum Gasteiger partial charge on any atom is 0.316 e. The van der Waals surface area contributed by atoms with Gasteiger partial charge in [0.2, 0.25) is 0 Å². The third-order valence-corrected chi connectivity index (χ3v) is 6.10. The van der Waals surface area contributed by atoms with Gasteiger partial charge in [0.25, 0.3) is 11.6 Å². The topological polar surface area (TPSA) is 93.0 Å². The molecule has 158 valence electrons. The fraction of sp³-hybridized carbons (Fsp3) is 0.300. The van der Waals surface area contributed by atoms with Crippen molar-refractivity contribution < 1.29 is 19.2 Å². The molecule has 0 spiro atoms. The summed E-state index contributed by atoms with van der Waals surface area (Å²) in [6.45, 7) is 1.95. The van der Waals surface area contributed by atoms with Crippen LogP contribution >= 0.6 is 27.7 Å². The van der Waals surface area contributed by atoms with E-state index in [1.54, 1.807) is 17.0 Å². The number of amides is 1. The minimum Gasteiger partial charge on any atom is -0.455 e. The molecule has 8 nitrogen and oxygen atoms in total. The average Bonchev–Trinajstić information content (AvgIpc) is 2.77. The summed E-state index contributed by atoms with van der Waals surface area (Å²) in [5, 5.41) is 10.8. The quantitative estimate of drug-likeness (QED) is 0.252. The number of rotatable bonds is 7. The van der Waals surface area contributed by atoms with E-state index in [0.29, 0.717) is 26.2 Å². The molecular formula is C20H20BrN3O5S. The second-order valence-corrected chi connectivity index (χ2v) is 8.51. The molecule has 0 N–H and O–H groups in total. The molecule has 0 saturated carbocycles. The van der Waals surface area contributed by atoms with E-state index < -0.39 is 10.9 Å². The molecule has 10 heteroatoms. The Labute approximate surface area is 186 Å². The number of carbonyl (C=O) groups excluding carboxylic acids is 2. The molecule has 30 heavy (non-hydrogen) atoms. The van der Waals surface area contributed by atoms with Crippen molar-refractivity contribution in [1.82, 2.24) is 4.90 Å². The van der Waals surface area contributed by atoms with E-state index in [0.717, 1.165) is 15.1 Å². The Balaban J connectivity index is 1.39. The summed E-state index contributed by atoms with van der Waals surface area (Å²) in [5.74, 6) is -0.510. The van der Waals surface area contributed by atoms with Crippen molar-refractivity contribution in [3.63, 3.8) is 0 Å². The van der Waals surface area contributed by atoms with Gasteiger partial charge in [-0.1, -0.05) is 15.9 Å². The van der Waals surface area contributed by atoms with E-state index in [-0.39, 0.29) is 24.0 Å². The first-order valence-electron chi connectivity index (χ1n) is 9.23. The molecule has 1 saturated heterocycles. The van der Waals surface area contributed by atoms with Gasteiger partial charge in [0.05, 0.1) is 10.7 Å². The Bertz CT molecular complexity index is 900. The highest BCUT2D eigenvalue weighted by Gasteiger charge is 2.22. The molecule has 0 aromatic heterocycles. The Kier molecular flexibility index (Phi) is 7.69. The highest BCUT2D eigenvalue weighted by atomic mass is 79.9. The van der Waals surface area contributed by atoms with Gasteiger partial charge in [-0.3, -0.25) is 19.7 Å². The lowest BCUT2D eigenvalue weighted by atomic mass is 10.2. The van der Waals surface area contributed by atoms with Crippen LogP contribution < -0.4 is 4.90 Å². The van der Waals surface area contributed by atoms with Crippen molar-refractivity contribution in [1.29, 1.82) is 0 Å². The summed E-state index contributed by atoms with van der Waals surface area (Å²) in [6.07, 6.45) is 0. The number of nitro benzene ring substituents is 1. The largest absolute Gasteiger partial charge is 0.455 e. The van der Waals surface area contributed by atoms with E-state index in [9.17, 15) is 19.7 Å². The number of hydrogen-bond acceptors (Lipinski definition) is 7. The van der Waals surface area contributed by atoms with Crippen LogP contribution in [0.2, 0.25) is 0 Å². The highest BCUT2D eigenvalue weighted by molar-refractivity contribution is 9.10. The van der Waals surface area contributed by atoms with Crippen LogP contribution in [0.25, 0.3) is 0 Å². The van der Waals surface area contributed by atoms with E-state index in [1.807, 2.05) is 24.3 Å². The van der Waals surface area contributed by atoms with Gasteiger partial charge in [-0.15, -0.1) is 11.8 Å². The van der Waals surface area contributed by atoms with Gasteiger partial charge in [0.1, 0.15) is 0 Å². The Morgan fingerprint density at radius 1 is 1.03 bits per heavy atom. The van der Waals surface area contributed by atoms with Crippen molar-refractivity contribution in [2.45, 2.75) is 4.90 Å². The standard InChI is InChI=1S/C20H20BrN3O5S/c21-15-1-7-18(8-2-15)30-14-20(26)29-13-19(25)23-11-9-22(10-12-23)16-3-5-17(6-4-16)24(27)28/h1-8H,9-14H2. The predicted octanol–water partition coefficient (Wildman–Crippen LogP) is 3.34. The molecule has 0 aliphatic carbocycles. The van der Waals surface area contributed by atoms with Gasteiger partial charge >= 0.3 is 5.97 Å². The van der Waals surface area contributed by atoms with Crippen molar-refractivity contribution in [2.24, 2.45) is 0 Å². The fourth-order valence-electron chi connectivity index (χ4n) is 2.95. The second-order valence-electron chi connectivity index (χ2n) is 6.54. The minimum atomic E-state index is -0.431. The summed E-state index contributed by atoms with van der Waals surface area (Å²) >= 11 is 4.71. The molecule has 0 radical (unpaired) electrons. The highest BCUT2D eigenvalue weighted by Crippen LogP contribution is 2.22. The molecule has 1 aliphatic rings. The van der Waals surface area contributed by atoms with Crippen LogP contribution in [0.15, 0.2) is 57.9 Å². The number of carbonyl (C=O) groups is 2.